The van der Waals surface area contributed by atoms with Gasteiger partial charge in [-0.1, -0.05) is 48.5 Å². The maximum Gasteiger partial charge on any atom is 0.407 e. The fraction of sp³-hybridized carbons (Fsp3) is 0.400. The van der Waals surface area contributed by atoms with E-state index in [4.69, 9.17) is 9.47 Å². The number of halogens is 2. The van der Waals surface area contributed by atoms with Crippen LogP contribution in [0.4, 0.5) is 13.6 Å². The van der Waals surface area contributed by atoms with E-state index in [2.05, 4.69) is 5.32 Å². The van der Waals surface area contributed by atoms with Crippen LogP contribution in [0, 0.1) is 0 Å². The highest BCUT2D eigenvalue weighted by molar-refractivity contribution is 5.88. The molecule has 2 saturated heterocycles. The van der Waals surface area contributed by atoms with Crippen molar-refractivity contribution in [1.82, 2.24) is 10.2 Å². The van der Waals surface area contributed by atoms with E-state index in [1.807, 2.05) is 48.5 Å². The van der Waals surface area contributed by atoms with E-state index < -0.39 is 55.0 Å². The Morgan fingerprint density at radius 3 is 2.34 bits per heavy atom. The summed E-state index contributed by atoms with van der Waals surface area (Å²) in [6.07, 6.45) is -2.71. The number of hydrogen-bond donors (Lipinski definition) is 2. The summed E-state index contributed by atoms with van der Waals surface area (Å²) in [5.41, 5.74) is 4.27. The third kappa shape index (κ3) is 4.34. The second-order valence-corrected chi connectivity index (χ2v) is 9.04. The molecule has 0 spiro atoms. The Balaban J connectivity index is 1.24. The van der Waals surface area contributed by atoms with E-state index >= 15 is 0 Å². The van der Waals surface area contributed by atoms with Gasteiger partial charge in [-0.05, 0) is 28.7 Å². The van der Waals surface area contributed by atoms with Crippen LogP contribution in [0.25, 0.3) is 11.1 Å². The summed E-state index contributed by atoms with van der Waals surface area (Å²) in [7, 11) is 0. The quantitative estimate of drug-likeness (QED) is 0.673. The van der Waals surface area contributed by atoms with Gasteiger partial charge in [0.25, 0.3) is 11.8 Å². The standard InChI is InChI=1S/C25H24F2N2O6/c26-25(27)11-20(23(31)32)29(13-25)22(30)21-19(9-10-34-21)28-24(33)35-12-18-16-7-3-1-5-14(16)15-6-2-4-8-17(15)18/h1-8,18-21H,9-13H2,(H,28,33)(H,31,32)/t19-,20-,21+/m1/s1. The summed E-state index contributed by atoms with van der Waals surface area (Å²) >= 11 is 0. The Bertz CT molecular complexity index is 1130. The molecule has 1 aliphatic carbocycles. The molecule has 0 saturated carbocycles. The van der Waals surface area contributed by atoms with Crippen LogP contribution in [0.15, 0.2) is 48.5 Å². The van der Waals surface area contributed by atoms with Crippen LogP contribution >= 0.6 is 0 Å². The van der Waals surface area contributed by atoms with Gasteiger partial charge in [0.05, 0.1) is 12.6 Å². The predicted molar refractivity (Wildman–Crippen MR) is 119 cm³/mol. The molecule has 0 bridgehead atoms. The molecule has 2 amide bonds. The molecular formula is C25H24F2N2O6. The molecule has 10 heteroatoms. The number of carbonyl (C=O) groups excluding carboxylic acids is 2. The van der Waals surface area contributed by atoms with Gasteiger partial charge < -0.3 is 24.8 Å². The van der Waals surface area contributed by atoms with Crippen molar-refractivity contribution in [3.05, 3.63) is 59.7 Å². The lowest BCUT2D eigenvalue weighted by molar-refractivity contribution is -0.153. The molecule has 3 atom stereocenters. The van der Waals surface area contributed by atoms with Gasteiger partial charge in [0.15, 0.2) is 6.10 Å². The van der Waals surface area contributed by atoms with Crippen LogP contribution in [0.2, 0.25) is 0 Å². The number of hydrogen-bond acceptors (Lipinski definition) is 5. The normalized spacial score (nSPS) is 24.6. The molecule has 8 nitrogen and oxygen atoms in total. The fourth-order valence-electron chi connectivity index (χ4n) is 5.20. The molecule has 5 rings (SSSR count). The van der Waals surface area contributed by atoms with Crippen molar-refractivity contribution in [3.8, 4) is 11.1 Å². The maximum atomic E-state index is 13.8. The molecule has 3 aliphatic rings. The third-order valence-corrected chi connectivity index (χ3v) is 6.82. The van der Waals surface area contributed by atoms with Gasteiger partial charge >= 0.3 is 12.1 Å². The van der Waals surface area contributed by atoms with Crippen LogP contribution in [-0.2, 0) is 19.1 Å². The Morgan fingerprint density at radius 2 is 1.71 bits per heavy atom. The van der Waals surface area contributed by atoms with Gasteiger partial charge in [0.1, 0.15) is 12.6 Å². The largest absolute Gasteiger partial charge is 0.480 e. The number of carboxylic acid groups (broad SMARTS) is 1. The van der Waals surface area contributed by atoms with Crippen molar-refractivity contribution in [1.29, 1.82) is 0 Å². The van der Waals surface area contributed by atoms with Gasteiger partial charge in [0.2, 0.25) is 0 Å². The number of rotatable bonds is 5. The van der Waals surface area contributed by atoms with Crippen molar-refractivity contribution in [2.75, 3.05) is 19.8 Å². The fourth-order valence-corrected chi connectivity index (χ4v) is 5.20. The van der Waals surface area contributed by atoms with E-state index in [9.17, 15) is 28.3 Å². The van der Waals surface area contributed by atoms with Gasteiger partial charge in [0, 0.05) is 18.9 Å². The zero-order valence-corrected chi connectivity index (χ0v) is 18.7. The number of carbonyl (C=O) groups is 3. The number of alkyl halides is 2. The number of aliphatic carboxylic acids is 1. The van der Waals surface area contributed by atoms with E-state index in [0.717, 1.165) is 22.3 Å². The van der Waals surface area contributed by atoms with Crippen molar-refractivity contribution in [2.24, 2.45) is 0 Å². The van der Waals surface area contributed by atoms with Gasteiger partial charge in [-0.25, -0.2) is 18.4 Å². The molecule has 0 unspecified atom stereocenters. The second kappa shape index (κ2) is 8.92. The molecule has 2 aromatic carbocycles. The summed E-state index contributed by atoms with van der Waals surface area (Å²) in [4.78, 5) is 37.5. The lowest BCUT2D eigenvalue weighted by atomic mass is 9.98. The molecule has 2 heterocycles. The number of benzene rings is 2. The highest BCUT2D eigenvalue weighted by atomic mass is 19.3. The van der Waals surface area contributed by atoms with Crippen molar-refractivity contribution < 1.29 is 37.7 Å². The third-order valence-electron chi connectivity index (χ3n) is 6.82. The first-order valence-corrected chi connectivity index (χ1v) is 11.4. The summed E-state index contributed by atoms with van der Waals surface area (Å²) in [6, 6.07) is 13.3. The van der Waals surface area contributed by atoms with E-state index in [1.54, 1.807) is 0 Å². The molecule has 2 aliphatic heterocycles. The monoisotopic (exact) mass is 486 g/mol. The number of fused-ring (bicyclic) bond motifs is 3. The van der Waals surface area contributed by atoms with E-state index in [-0.39, 0.29) is 25.6 Å². The minimum atomic E-state index is -3.30. The molecule has 2 N–H and O–H groups in total. The summed E-state index contributed by atoms with van der Waals surface area (Å²) in [6.45, 7) is -0.807. The first kappa shape index (κ1) is 23.2. The van der Waals surface area contributed by atoms with Crippen LogP contribution in [0.5, 0.6) is 0 Å². The summed E-state index contributed by atoms with van der Waals surface area (Å²) in [5, 5.41) is 11.9. The van der Waals surface area contributed by atoms with Crippen LogP contribution in [0.1, 0.15) is 29.9 Å². The number of amides is 2. The Labute approximate surface area is 199 Å². The molecule has 35 heavy (non-hydrogen) atoms. The summed E-state index contributed by atoms with van der Waals surface area (Å²) < 4.78 is 38.6. The SMILES string of the molecule is O=C(N[C@@H]1CCO[C@@H]1C(=O)N1CC(F)(F)C[C@@H]1C(=O)O)OCC1c2ccccc2-c2ccccc21. The van der Waals surface area contributed by atoms with E-state index in [0.29, 0.717) is 4.90 Å². The van der Waals surface area contributed by atoms with Crippen LogP contribution in [-0.4, -0.2) is 71.8 Å². The first-order valence-electron chi connectivity index (χ1n) is 11.4. The molecule has 2 aromatic rings. The van der Waals surface area contributed by atoms with Gasteiger partial charge in [-0.3, -0.25) is 4.79 Å². The molecule has 184 valence electrons. The average molecular weight is 486 g/mol. The molecule has 0 aromatic heterocycles. The smallest absolute Gasteiger partial charge is 0.407 e. The Hall–Kier alpha value is -3.53. The topological polar surface area (TPSA) is 105 Å². The Morgan fingerprint density at radius 1 is 1.09 bits per heavy atom. The van der Waals surface area contributed by atoms with Crippen molar-refractivity contribution in [3.63, 3.8) is 0 Å². The summed E-state index contributed by atoms with van der Waals surface area (Å²) in [5.74, 6) is -5.83. The second-order valence-electron chi connectivity index (χ2n) is 9.04. The van der Waals surface area contributed by atoms with Crippen molar-refractivity contribution >= 4 is 18.0 Å². The molecule has 2 fully saturated rings. The Kier molecular flexibility index (Phi) is 5.92. The van der Waals surface area contributed by atoms with Crippen molar-refractivity contribution in [2.45, 2.75) is 42.9 Å². The van der Waals surface area contributed by atoms with Crippen LogP contribution in [0.3, 0.4) is 0 Å². The number of alkyl carbamates (subject to hydrolysis) is 1. The van der Waals surface area contributed by atoms with Gasteiger partial charge in [-0.15, -0.1) is 0 Å². The van der Waals surface area contributed by atoms with Gasteiger partial charge in [-0.2, -0.15) is 0 Å². The minimum Gasteiger partial charge on any atom is -0.480 e. The molecular weight excluding hydrogens is 462 g/mol. The number of likely N-dealkylation sites (tertiary alicyclic amines) is 1. The zero-order chi connectivity index (χ0) is 24.7. The number of nitrogens with one attached hydrogen (secondary N) is 1. The lowest BCUT2D eigenvalue weighted by Crippen LogP contribution is -2.52. The molecule has 0 radical (unpaired) electrons. The minimum absolute atomic E-state index is 0.0749. The predicted octanol–water partition coefficient (Wildman–Crippen LogP) is 3.00. The highest BCUT2D eigenvalue weighted by Gasteiger charge is 2.53. The van der Waals surface area contributed by atoms with E-state index in [1.165, 1.54) is 0 Å². The average Bonchev–Trinajstić information content (AvgIpc) is 3.51. The number of nitrogens with zero attached hydrogens (tertiary/aromatic N) is 1. The maximum absolute atomic E-state index is 13.8. The number of ether oxygens (including phenoxy) is 2. The lowest BCUT2D eigenvalue weighted by Gasteiger charge is -2.27. The van der Waals surface area contributed by atoms with Crippen LogP contribution < -0.4 is 5.32 Å². The number of carboxylic acids is 1. The zero-order valence-electron chi connectivity index (χ0n) is 18.7. The first-order chi connectivity index (χ1) is 16.7. The highest BCUT2D eigenvalue weighted by Crippen LogP contribution is 2.44.